The molecule has 4 amide bonds. The zero-order chi connectivity index (χ0) is 19.3. The standard InChI is InChI=1S/C16H8N2O8S/c19-13-9-5-1-2-6-10(9)14(20)17(13)25-27(23,24)26-18-15(21)11-7-3-4-8-12(11)16(18)22/h1-8H. The molecule has 0 spiro atoms. The maximum atomic E-state index is 12.1. The fourth-order valence-electron chi connectivity index (χ4n) is 2.67. The van der Waals surface area contributed by atoms with Gasteiger partial charge in [0.05, 0.1) is 22.3 Å². The van der Waals surface area contributed by atoms with Gasteiger partial charge in [0.25, 0.3) is 23.6 Å². The second-order valence-corrected chi connectivity index (χ2v) is 6.57. The molecule has 4 rings (SSSR count). The van der Waals surface area contributed by atoms with Gasteiger partial charge in [-0.3, -0.25) is 19.2 Å². The Morgan fingerprint density at radius 3 is 1.07 bits per heavy atom. The Morgan fingerprint density at radius 1 is 0.556 bits per heavy atom. The van der Waals surface area contributed by atoms with E-state index in [1.165, 1.54) is 48.5 Å². The molecule has 0 radical (unpaired) electrons. The molecule has 0 atom stereocenters. The first kappa shape index (κ1) is 17.0. The van der Waals surface area contributed by atoms with E-state index in [1.54, 1.807) is 0 Å². The summed E-state index contributed by atoms with van der Waals surface area (Å²) in [4.78, 5) is 48.6. The Morgan fingerprint density at radius 2 is 0.815 bits per heavy atom. The summed E-state index contributed by atoms with van der Waals surface area (Å²) in [5, 5.41) is -0.0314. The molecule has 0 aliphatic carbocycles. The molecule has 0 fully saturated rings. The molecule has 0 aromatic heterocycles. The Kier molecular flexibility index (Phi) is 3.66. The number of benzene rings is 2. The van der Waals surface area contributed by atoms with Crippen molar-refractivity contribution in [1.82, 2.24) is 10.1 Å². The first-order valence-corrected chi connectivity index (χ1v) is 8.73. The number of hydrogen-bond donors (Lipinski definition) is 0. The molecule has 10 nitrogen and oxygen atoms in total. The molecule has 2 heterocycles. The SMILES string of the molecule is O=C1c2ccccc2C(=O)N1OS(=O)(=O)ON1C(=O)c2ccccc2C1=O. The number of carbonyl (C=O) groups is 4. The third-order valence-corrected chi connectivity index (χ3v) is 4.51. The molecule has 2 aromatic carbocycles. The minimum absolute atomic E-state index is 0.0157. The lowest BCUT2D eigenvalue weighted by molar-refractivity contribution is -0.0523. The van der Waals surface area contributed by atoms with E-state index in [-0.39, 0.29) is 32.4 Å². The summed E-state index contributed by atoms with van der Waals surface area (Å²) in [5.74, 6) is -4.09. The molecule has 0 saturated carbocycles. The van der Waals surface area contributed by atoms with Crippen LogP contribution in [0.15, 0.2) is 48.5 Å². The Balaban J connectivity index is 1.56. The van der Waals surface area contributed by atoms with E-state index in [2.05, 4.69) is 8.57 Å². The summed E-state index contributed by atoms with van der Waals surface area (Å²) in [5.41, 5.74) is -0.228. The van der Waals surface area contributed by atoms with Gasteiger partial charge in [-0.05, 0) is 24.3 Å². The van der Waals surface area contributed by atoms with Crippen molar-refractivity contribution in [3.05, 3.63) is 70.8 Å². The number of rotatable bonds is 4. The number of hydrogen-bond acceptors (Lipinski definition) is 8. The van der Waals surface area contributed by atoms with Gasteiger partial charge in [-0.2, -0.15) is 8.42 Å². The normalized spacial score (nSPS) is 16.1. The summed E-state index contributed by atoms with van der Waals surface area (Å²) in [6, 6.07) is 11.2. The first-order valence-electron chi connectivity index (χ1n) is 7.40. The van der Waals surface area contributed by atoms with E-state index >= 15 is 0 Å². The van der Waals surface area contributed by atoms with Gasteiger partial charge in [0.15, 0.2) is 0 Å². The summed E-state index contributed by atoms with van der Waals surface area (Å²) in [7, 11) is -5.15. The highest BCUT2D eigenvalue weighted by atomic mass is 32.3. The fourth-order valence-corrected chi connectivity index (χ4v) is 3.33. The maximum Gasteiger partial charge on any atom is 0.443 e. The Labute approximate surface area is 151 Å². The summed E-state index contributed by atoms with van der Waals surface area (Å²) < 4.78 is 33.0. The van der Waals surface area contributed by atoms with E-state index in [9.17, 15) is 27.6 Å². The van der Waals surface area contributed by atoms with Crippen LogP contribution in [0.5, 0.6) is 0 Å². The van der Waals surface area contributed by atoms with Gasteiger partial charge in [-0.1, -0.05) is 24.3 Å². The molecule has 2 aliphatic rings. The molecule has 0 N–H and O–H groups in total. The van der Waals surface area contributed by atoms with Crippen LogP contribution in [0.2, 0.25) is 0 Å². The average Bonchev–Trinajstić information content (AvgIpc) is 3.03. The minimum Gasteiger partial charge on any atom is -0.266 e. The van der Waals surface area contributed by atoms with Crippen LogP contribution in [0.1, 0.15) is 41.4 Å². The molecule has 2 aromatic rings. The highest BCUT2D eigenvalue weighted by Gasteiger charge is 2.44. The van der Waals surface area contributed by atoms with Crippen LogP contribution in [0.4, 0.5) is 0 Å². The smallest absolute Gasteiger partial charge is 0.266 e. The van der Waals surface area contributed by atoms with Crippen molar-refractivity contribution in [2.75, 3.05) is 0 Å². The Bertz CT molecular complexity index is 987. The zero-order valence-electron chi connectivity index (χ0n) is 13.2. The molecule has 0 saturated heterocycles. The fraction of sp³-hybridized carbons (Fsp3) is 0. The van der Waals surface area contributed by atoms with Crippen molar-refractivity contribution in [1.29, 1.82) is 0 Å². The van der Waals surface area contributed by atoms with Crippen molar-refractivity contribution >= 4 is 34.0 Å². The van der Waals surface area contributed by atoms with Crippen molar-refractivity contribution in [3.63, 3.8) is 0 Å². The monoisotopic (exact) mass is 388 g/mol. The largest absolute Gasteiger partial charge is 0.443 e. The van der Waals surface area contributed by atoms with E-state index in [0.29, 0.717) is 0 Å². The molecule has 0 unspecified atom stereocenters. The summed E-state index contributed by atoms with van der Waals surface area (Å²) in [6.45, 7) is 0. The second-order valence-electron chi connectivity index (χ2n) is 5.46. The third-order valence-electron chi connectivity index (χ3n) is 3.85. The van der Waals surface area contributed by atoms with Crippen LogP contribution in [-0.2, 0) is 19.0 Å². The van der Waals surface area contributed by atoms with Crippen LogP contribution in [0.3, 0.4) is 0 Å². The molecular formula is C16H8N2O8S. The molecule has 2 aliphatic heterocycles. The molecule has 136 valence electrons. The van der Waals surface area contributed by atoms with E-state index < -0.39 is 34.0 Å². The van der Waals surface area contributed by atoms with E-state index in [1.807, 2.05) is 0 Å². The van der Waals surface area contributed by atoms with E-state index in [0.717, 1.165) is 0 Å². The summed E-state index contributed by atoms with van der Waals surface area (Å²) >= 11 is 0. The third kappa shape index (κ3) is 2.61. The minimum atomic E-state index is -5.15. The van der Waals surface area contributed by atoms with Crippen molar-refractivity contribution in [2.24, 2.45) is 0 Å². The number of hydroxylamine groups is 4. The van der Waals surface area contributed by atoms with Gasteiger partial charge in [0.1, 0.15) is 0 Å². The van der Waals surface area contributed by atoms with Gasteiger partial charge >= 0.3 is 10.4 Å². The van der Waals surface area contributed by atoms with Crippen LogP contribution in [-0.4, -0.2) is 42.2 Å². The highest BCUT2D eigenvalue weighted by Crippen LogP contribution is 2.26. The predicted molar refractivity (Wildman–Crippen MR) is 85.0 cm³/mol. The van der Waals surface area contributed by atoms with Gasteiger partial charge < -0.3 is 0 Å². The topological polar surface area (TPSA) is 127 Å². The second kappa shape index (κ2) is 5.81. The number of imide groups is 2. The van der Waals surface area contributed by atoms with Gasteiger partial charge in [-0.25, -0.2) is 0 Å². The highest BCUT2D eigenvalue weighted by molar-refractivity contribution is 7.81. The first-order chi connectivity index (χ1) is 12.8. The molecular weight excluding hydrogens is 380 g/mol. The molecule has 11 heteroatoms. The number of nitrogens with zero attached hydrogens (tertiary/aromatic N) is 2. The summed E-state index contributed by atoms with van der Waals surface area (Å²) in [6.07, 6.45) is 0. The van der Waals surface area contributed by atoms with Crippen molar-refractivity contribution in [2.45, 2.75) is 0 Å². The predicted octanol–water partition coefficient (Wildman–Crippen LogP) is 0.687. The van der Waals surface area contributed by atoms with E-state index in [4.69, 9.17) is 0 Å². The average molecular weight is 388 g/mol. The number of amides is 4. The van der Waals surface area contributed by atoms with Gasteiger partial charge in [0.2, 0.25) is 0 Å². The quantitative estimate of drug-likeness (QED) is 0.700. The lowest BCUT2D eigenvalue weighted by Gasteiger charge is -2.15. The number of fused-ring (bicyclic) bond motifs is 2. The lowest BCUT2D eigenvalue weighted by Crippen LogP contribution is -2.38. The molecule has 27 heavy (non-hydrogen) atoms. The van der Waals surface area contributed by atoms with Crippen molar-refractivity contribution < 1.29 is 36.2 Å². The number of carbonyl (C=O) groups excluding carboxylic acids is 4. The Hall–Kier alpha value is -3.41. The van der Waals surface area contributed by atoms with Crippen LogP contribution in [0, 0.1) is 0 Å². The zero-order valence-corrected chi connectivity index (χ0v) is 14.0. The molecule has 0 bridgehead atoms. The van der Waals surface area contributed by atoms with Crippen LogP contribution < -0.4 is 0 Å². The van der Waals surface area contributed by atoms with Crippen molar-refractivity contribution in [3.8, 4) is 0 Å². The van der Waals surface area contributed by atoms with Crippen LogP contribution in [0.25, 0.3) is 0 Å². The van der Waals surface area contributed by atoms with Gasteiger partial charge in [0, 0.05) is 0 Å². The lowest BCUT2D eigenvalue weighted by atomic mass is 10.1. The van der Waals surface area contributed by atoms with Crippen LogP contribution >= 0.6 is 0 Å². The maximum absolute atomic E-state index is 12.1. The van der Waals surface area contributed by atoms with Gasteiger partial charge in [-0.15, -0.1) is 18.7 Å².